The topological polar surface area (TPSA) is 49.4 Å². The molecule has 4 nitrogen and oxygen atoms in total. The van der Waals surface area contributed by atoms with Crippen LogP contribution in [0, 0.1) is 6.92 Å². The summed E-state index contributed by atoms with van der Waals surface area (Å²) in [7, 11) is 0. The number of hydrogen-bond acceptors (Lipinski definition) is 3. The Balaban J connectivity index is 1.81. The van der Waals surface area contributed by atoms with Crippen molar-refractivity contribution in [3.8, 4) is 0 Å². The number of aryl methyl sites for hydroxylation is 2. The van der Waals surface area contributed by atoms with Crippen LogP contribution in [0.4, 0.5) is 11.4 Å². The summed E-state index contributed by atoms with van der Waals surface area (Å²) < 4.78 is 0. The minimum atomic E-state index is -0.506. The van der Waals surface area contributed by atoms with Crippen LogP contribution in [-0.4, -0.2) is 11.8 Å². The van der Waals surface area contributed by atoms with E-state index in [1.807, 2.05) is 43.3 Å². The van der Waals surface area contributed by atoms with Crippen LogP contribution in [-0.2, 0) is 16.0 Å². The maximum absolute atomic E-state index is 12.8. The SMILES string of the molecule is CCCCc1ccc(NC2=C(Cl)C(=O)N(c3ccccc3C)C2=O)cc1. The van der Waals surface area contributed by atoms with Crippen LogP contribution in [0.5, 0.6) is 0 Å². The summed E-state index contributed by atoms with van der Waals surface area (Å²) in [5.41, 5.74) is 3.47. The lowest BCUT2D eigenvalue weighted by atomic mass is 10.1. The fourth-order valence-corrected chi connectivity index (χ4v) is 3.14. The van der Waals surface area contributed by atoms with Crippen molar-refractivity contribution in [3.05, 3.63) is 70.4 Å². The smallest absolute Gasteiger partial charge is 0.283 e. The standard InChI is InChI=1S/C21H21ClN2O2/c1-3-4-8-15-10-12-16(13-11-15)23-19-18(22)20(25)24(21(19)26)17-9-6-5-7-14(17)2/h5-7,9-13,23H,3-4,8H2,1-2H3. The number of halogens is 1. The van der Waals surface area contributed by atoms with Gasteiger partial charge in [0.05, 0.1) is 5.69 Å². The van der Waals surface area contributed by atoms with Gasteiger partial charge in [0.25, 0.3) is 11.8 Å². The van der Waals surface area contributed by atoms with E-state index in [1.54, 1.807) is 12.1 Å². The number of carbonyl (C=O) groups excluding carboxylic acids is 2. The van der Waals surface area contributed by atoms with Gasteiger partial charge < -0.3 is 5.32 Å². The molecule has 0 saturated carbocycles. The van der Waals surface area contributed by atoms with Crippen molar-refractivity contribution in [2.24, 2.45) is 0 Å². The summed E-state index contributed by atoms with van der Waals surface area (Å²) in [4.78, 5) is 26.4. The van der Waals surface area contributed by atoms with Gasteiger partial charge in [-0.2, -0.15) is 0 Å². The molecule has 26 heavy (non-hydrogen) atoms. The molecule has 134 valence electrons. The molecule has 0 radical (unpaired) electrons. The molecule has 0 spiro atoms. The predicted molar refractivity (Wildman–Crippen MR) is 105 cm³/mol. The number of carbonyl (C=O) groups is 2. The third-order valence-electron chi connectivity index (χ3n) is 4.43. The highest BCUT2D eigenvalue weighted by Gasteiger charge is 2.39. The zero-order chi connectivity index (χ0) is 18.7. The molecule has 0 atom stereocenters. The molecule has 0 aromatic heterocycles. The van der Waals surface area contributed by atoms with Crippen molar-refractivity contribution in [3.63, 3.8) is 0 Å². The molecule has 1 aliphatic heterocycles. The molecule has 2 aromatic carbocycles. The average molecular weight is 369 g/mol. The van der Waals surface area contributed by atoms with Crippen LogP contribution in [0.15, 0.2) is 59.3 Å². The quantitative estimate of drug-likeness (QED) is 0.747. The summed E-state index contributed by atoms with van der Waals surface area (Å²) in [5, 5.41) is 2.92. The molecular formula is C21H21ClN2O2. The lowest BCUT2D eigenvalue weighted by molar-refractivity contribution is -0.120. The van der Waals surface area contributed by atoms with Crippen LogP contribution in [0.3, 0.4) is 0 Å². The van der Waals surface area contributed by atoms with E-state index >= 15 is 0 Å². The van der Waals surface area contributed by atoms with Crippen LogP contribution < -0.4 is 10.2 Å². The van der Waals surface area contributed by atoms with Crippen molar-refractivity contribution in [1.82, 2.24) is 0 Å². The molecule has 0 bridgehead atoms. The Morgan fingerprint density at radius 1 is 1.00 bits per heavy atom. The van der Waals surface area contributed by atoms with E-state index in [9.17, 15) is 9.59 Å². The highest BCUT2D eigenvalue weighted by atomic mass is 35.5. The molecule has 2 amide bonds. The van der Waals surface area contributed by atoms with Crippen molar-refractivity contribution < 1.29 is 9.59 Å². The van der Waals surface area contributed by atoms with Gasteiger partial charge in [-0.15, -0.1) is 0 Å². The number of nitrogens with zero attached hydrogens (tertiary/aromatic N) is 1. The fraction of sp³-hybridized carbons (Fsp3) is 0.238. The number of para-hydroxylation sites is 1. The molecular weight excluding hydrogens is 348 g/mol. The van der Waals surface area contributed by atoms with E-state index in [2.05, 4.69) is 12.2 Å². The van der Waals surface area contributed by atoms with Crippen molar-refractivity contribution in [2.75, 3.05) is 10.2 Å². The van der Waals surface area contributed by atoms with Gasteiger partial charge in [0.1, 0.15) is 10.7 Å². The van der Waals surface area contributed by atoms with E-state index in [0.717, 1.165) is 35.4 Å². The van der Waals surface area contributed by atoms with E-state index in [-0.39, 0.29) is 10.7 Å². The van der Waals surface area contributed by atoms with Crippen LogP contribution in [0.1, 0.15) is 30.9 Å². The average Bonchev–Trinajstić information content (AvgIpc) is 2.85. The molecule has 5 heteroatoms. The third-order valence-corrected chi connectivity index (χ3v) is 4.78. The summed E-state index contributed by atoms with van der Waals surface area (Å²) in [6.45, 7) is 4.01. The first-order chi connectivity index (χ1) is 12.5. The van der Waals surface area contributed by atoms with Crippen LogP contribution in [0.2, 0.25) is 0 Å². The van der Waals surface area contributed by atoms with Gasteiger partial charge in [0.2, 0.25) is 0 Å². The Hall–Kier alpha value is -2.59. The van der Waals surface area contributed by atoms with Gasteiger partial charge in [-0.1, -0.05) is 55.3 Å². The summed E-state index contributed by atoms with van der Waals surface area (Å²) in [6.07, 6.45) is 3.31. The Morgan fingerprint density at radius 2 is 1.69 bits per heavy atom. The lowest BCUT2D eigenvalue weighted by Crippen LogP contribution is -2.32. The predicted octanol–water partition coefficient (Wildman–Crippen LogP) is 4.77. The van der Waals surface area contributed by atoms with Gasteiger partial charge in [-0.05, 0) is 49.1 Å². The van der Waals surface area contributed by atoms with Crippen LogP contribution in [0.25, 0.3) is 0 Å². The number of rotatable bonds is 6. The third kappa shape index (κ3) is 3.51. The van der Waals surface area contributed by atoms with Crippen molar-refractivity contribution >= 4 is 34.8 Å². The van der Waals surface area contributed by atoms with Crippen molar-refractivity contribution in [1.29, 1.82) is 0 Å². The normalized spacial score (nSPS) is 14.3. The molecule has 3 rings (SSSR count). The number of benzene rings is 2. The molecule has 0 fully saturated rings. The van der Waals surface area contributed by atoms with E-state index < -0.39 is 11.8 Å². The van der Waals surface area contributed by atoms with Gasteiger partial charge >= 0.3 is 0 Å². The maximum Gasteiger partial charge on any atom is 0.283 e. The highest BCUT2D eigenvalue weighted by Crippen LogP contribution is 2.31. The van der Waals surface area contributed by atoms with Crippen molar-refractivity contribution in [2.45, 2.75) is 33.1 Å². The summed E-state index contributed by atoms with van der Waals surface area (Å²) in [5.74, 6) is -0.947. The molecule has 1 N–H and O–H groups in total. The Kier molecular flexibility index (Phi) is 5.43. The van der Waals surface area contributed by atoms with E-state index in [1.165, 1.54) is 5.56 Å². The molecule has 0 unspecified atom stereocenters. The first-order valence-electron chi connectivity index (χ1n) is 8.73. The van der Waals surface area contributed by atoms with E-state index in [0.29, 0.717) is 5.69 Å². The Bertz CT molecular complexity index is 872. The number of hydrogen-bond donors (Lipinski definition) is 1. The number of imide groups is 1. The van der Waals surface area contributed by atoms with Gasteiger partial charge in [-0.25, -0.2) is 4.90 Å². The van der Waals surface area contributed by atoms with Gasteiger partial charge in [0.15, 0.2) is 0 Å². The largest absolute Gasteiger partial charge is 0.350 e. The zero-order valence-corrected chi connectivity index (χ0v) is 15.6. The summed E-state index contributed by atoms with van der Waals surface area (Å²) >= 11 is 6.18. The first-order valence-corrected chi connectivity index (χ1v) is 9.11. The highest BCUT2D eigenvalue weighted by molar-refractivity contribution is 6.53. The molecule has 1 heterocycles. The molecule has 2 aromatic rings. The number of unbranched alkanes of at least 4 members (excludes halogenated alkanes) is 1. The second-order valence-corrected chi connectivity index (χ2v) is 6.72. The second-order valence-electron chi connectivity index (χ2n) is 6.35. The fourth-order valence-electron chi connectivity index (χ4n) is 2.92. The molecule has 1 aliphatic rings. The minimum absolute atomic E-state index is 0.0895. The van der Waals surface area contributed by atoms with Gasteiger partial charge in [-0.3, -0.25) is 9.59 Å². The Labute approximate surface area is 158 Å². The molecule has 0 saturated heterocycles. The van der Waals surface area contributed by atoms with Crippen LogP contribution >= 0.6 is 11.6 Å². The summed E-state index contributed by atoms with van der Waals surface area (Å²) in [6, 6.07) is 15.1. The zero-order valence-electron chi connectivity index (χ0n) is 14.9. The second kappa shape index (κ2) is 7.75. The first kappa shape index (κ1) is 18.2. The number of anilines is 2. The van der Waals surface area contributed by atoms with Gasteiger partial charge in [0, 0.05) is 5.69 Å². The number of nitrogens with one attached hydrogen (secondary N) is 1. The number of amides is 2. The molecule has 0 aliphatic carbocycles. The lowest BCUT2D eigenvalue weighted by Gasteiger charge is -2.17. The van der Waals surface area contributed by atoms with E-state index in [4.69, 9.17) is 11.6 Å². The minimum Gasteiger partial charge on any atom is -0.350 e. The Morgan fingerprint density at radius 3 is 2.35 bits per heavy atom. The maximum atomic E-state index is 12.8. The monoisotopic (exact) mass is 368 g/mol.